The molecule has 3 aromatic heterocycles. The molecule has 0 radical (unpaired) electrons. The van der Waals surface area contributed by atoms with Crippen LogP contribution in [0.1, 0.15) is 72.0 Å². The van der Waals surface area contributed by atoms with E-state index in [1.54, 1.807) is 17.0 Å². The summed E-state index contributed by atoms with van der Waals surface area (Å²) in [6.07, 6.45) is -3.43. The predicted octanol–water partition coefficient (Wildman–Crippen LogP) is 6.83. The number of alkyl halides is 5. The third-order valence-corrected chi connectivity index (χ3v) is 11.9. The number of sulfonamides is 1. The molecule has 2 fully saturated rings. The first-order valence-corrected chi connectivity index (χ1v) is 21.1. The summed E-state index contributed by atoms with van der Waals surface area (Å²) in [5.41, 5.74) is -2.19. The van der Waals surface area contributed by atoms with Crippen LogP contribution in [0.2, 0.25) is 5.02 Å². The lowest BCUT2D eigenvalue weighted by Gasteiger charge is -2.23. The lowest BCUT2D eigenvalue weighted by atomic mass is 9.93. The molecule has 61 heavy (non-hydrogen) atoms. The van der Waals surface area contributed by atoms with Gasteiger partial charge in [0.15, 0.2) is 11.5 Å². The maximum Gasteiger partial charge on any atom is 0.435 e. The molecule has 1 aliphatic heterocycles. The van der Waals surface area contributed by atoms with E-state index in [1.165, 1.54) is 30.8 Å². The van der Waals surface area contributed by atoms with Crippen molar-refractivity contribution in [1.29, 1.82) is 0 Å². The maximum absolute atomic E-state index is 15.5. The number of amides is 2. The third kappa shape index (κ3) is 8.00. The van der Waals surface area contributed by atoms with Crippen molar-refractivity contribution in [2.45, 2.75) is 69.3 Å². The van der Waals surface area contributed by atoms with Crippen LogP contribution in [0, 0.1) is 29.4 Å². The van der Waals surface area contributed by atoms with Crippen LogP contribution in [0.4, 0.5) is 36.6 Å². The molecular weight excluding hydrogens is 857 g/mol. The van der Waals surface area contributed by atoms with Crippen molar-refractivity contribution in [3.8, 4) is 23.0 Å². The summed E-state index contributed by atoms with van der Waals surface area (Å²) in [7, 11) is -2.35. The van der Waals surface area contributed by atoms with Gasteiger partial charge in [0, 0.05) is 49.2 Å². The van der Waals surface area contributed by atoms with Gasteiger partial charge in [-0.2, -0.15) is 32.1 Å². The number of rotatable bonds is 9. The van der Waals surface area contributed by atoms with Crippen LogP contribution >= 0.6 is 11.6 Å². The molecule has 8 rings (SSSR count). The Morgan fingerprint density at radius 2 is 1.77 bits per heavy atom. The topological polar surface area (TPSA) is 144 Å². The summed E-state index contributed by atoms with van der Waals surface area (Å²) >= 11 is 6.60. The number of aromatic nitrogens is 5. The fraction of sp³-hybridized carbons (Fsp3) is 0.375. The first-order valence-electron chi connectivity index (χ1n) is 18.8. The van der Waals surface area contributed by atoms with E-state index in [0.717, 1.165) is 18.4 Å². The van der Waals surface area contributed by atoms with Gasteiger partial charge < -0.3 is 10.2 Å². The molecule has 2 amide bonds. The standard InChI is InChI=1S/C40H34ClF7N8O4S/c1-19(57)55-12-4-5-24(55)8-6-23-7-9-25(26-10-11-29(41)33-35(26)54(2)52-38(33)53-61(3,59)60)34(49-23)30(15-20-13-21(42)16-22(43)14-20)50-31(58)18-56-37-32(36(51-56)40(46,47)48)27-17-28(27)39(37,44)45/h7,9-11,13-14,16,24,27-28,30H,4-5,12,15,17-18H2,1-3H3,(H,50,58)(H,52,53)/t24?,27?,28-,30?/m1/s1. The largest absolute Gasteiger partial charge is 0.435 e. The van der Waals surface area contributed by atoms with Gasteiger partial charge in [-0.1, -0.05) is 23.6 Å². The second kappa shape index (κ2) is 15.0. The molecule has 2 aliphatic carbocycles. The van der Waals surface area contributed by atoms with E-state index >= 15 is 8.78 Å². The molecule has 12 nitrogen and oxygen atoms in total. The molecule has 5 aromatic rings. The Bertz CT molecular complexity index is 2810. The smallest absolute Gasteiger partial charge is 0.346 e. The monoisotopic (exact) mass is 890 g/mol. The lowest BCUT2D eigenvalue weighted by Crippen LogP contribution is -2.35. The normalized spacial score (nSPS) is 19.6. The quantitative estimate of drug-likeness (QED) is 0.122. The zero-order chi connectivity index (χ0) is 43.9. The highest BCUT2D eigenvalue weighted by molar-refractivity contribution is 7.92. The average Bonchev–Trinajstić information content (AvgIpc) is 3.37. The number of carbonyl (C=O) groups is 2. The highest BCUT2D eigenvalue weighted by atomic mass is 35.5. The first-order chi connectivity index (χ1) is 28.6. The Morgan fingerprint density at radius 3 is 2.44 bits per heavy atom. The fourth-order valence-electron chi connectivity index (χ4n) is 8.48. The van der Waals surface area contributed by atoms with Gasteiger partial charge in [0.25, 0.3) is 5.92 Å². The van der Waals surface area contributed by atoms with Gasteiger partial charge in [-0.25, -0.2) is 22.2 Å². The van der Waals surface area contributed by atoms with Crippen LogP contribution in [-0.4, -0.2) is 68.5 Å². The van der Waals surface area contributed by atoms with E-state index in [2.05, 4.69) is 32.1 Å². The van der Waals surface area contributed by atoms with Crippen molar-refractivity contribution < 1.29 is 48.7 Å². The van der Waals surface area contributed by atoms with E-state index in [9.17, 15) is 40.0 Å². The number of pyridine rings is 1. The van der Waals surface area contributed by atoms with Gasteiger partial charge >= 0.3 is 6.18 Å². The molecule has 3 unspecified atom stereocenters. The predicted molar refractivity (Wildman–Crippen MR) is 208 cm³/mol. The molecule has 2 N–H and O–H groups in total. The maximum atomic E-state index is 15.5. The summed E-state index contributed by atoms with van der Waals surface area (Å²) in [6.45, 7) is 0.822. The summed E-state index contributed by atoms with van der Waals surface area (Å²) < 4.78 is 131. The van der Waals surface area contributed by atoms with Crippen molar-refractivity contribution >= 4 is 50.2 Å². The Balaban J connectivity index is 1.28. The van der Waals surface area contributed by atoms with E-state index in [0.29, 0.717) is 35.7 Å². The van der Waals surface area contributed by atoms with Crippen LogP contribution in [0.5, 0.6) is 0 Å². The fourth-order valence-corrected chi connectivity index (χ4v) is 9.22. The summed E-state index contributed by atoms with van der Waals surface area (Å²) in [6, 6.07) is 6.90. The zero-order valence-corrected chi connectivity index (χ0v) is 33.9. The first kappa shape index (κ1) is 42.0. The minimum absolute atomic E-state index is 0.00229. The van der Waals surface area contributed by atoms with Gasteiger partial charge in [-0.3, -0.25) is 23.7 Å². The van der Waals surface area contributed by atoms with Crippen molar-refractivity contribution in [2.24, 2.45) is 13.0 Å². The van der Waals surface area contributed by atoms with Crippen molar-refractivity contribution in [1.82, 2.24) is 34.8 Å². The minimum atomic E-state index is -5.09. The van der Waals surface area contributed by atoms with Crippen molar-refractivity contribution in [3.63, 3.8) is 0 Å². The van der Waals surface area contributed by atoms with Gasteiger partial charge in [0.05, 0.1) is 40.0 Å². The number of nitrogens with zero attached hydrogens (tertiary/aromatic N) is 6. The average molecular weight is 891 g/mol. The molecule has 1 saturated heterocycles. The molecule has 21 heteroatoms. The van der Waals surface area contributed by atoms with Crippen LogP contribution in [0.15, 0.2) is 42.5 Å². The molecule has 320 valence electrons. The second-order valence-electron chi connectivity index (χ2n) is 15.4. The van der Waals surface area contributed by atoms with E-state index in [-0.39, 0.29) is 56.6 Å². The molecular formula is C40H34ClF7N8O4S. The molecule has 4 atom stereocenters. The Labute approximate surface area is 348 Å². The van der Waals surface area contributed by atoms with Crippen molar-refractivity contribution in [2.75, 3.05) is 17.5 Å². The molecule has 1 saturated carbocycles. The van der Waals surface area contributed by atoms with Crippen LogP contribution in [0.3, 0.4) is 0 Å². The number of aryl methyl sites for hydroxylation is 1. The Hall–Kier alpha value is -5.68. The number of anilines is 1. The summed E-state index contributed by atoms with van der Waals surface area (Å²) in [5, 5.41) is 10.7. The number of carbonyl (C=O) groups excluding carboxylic acids is 2. The second-order valence-corrected chi connectivity index (χ2v) is 17.5. The zero-order valence-electron chi connectivity index (χ0n) is 32.3. The number of benzene rings is 2. The molecule has 2 aromatic carbocycles. The van der Waals surface area contributed by atoms with Crippen LogP contribution < -0.4 is 10.0 Å². The lowest BCUT2D eigenvalue weighted by molar-refractivity contribution is -0.142. The van der Waals surface area contributed by atoms with E-state index < -0.39 is 93.5 Å². The molecule has 0 spiro atoms. The van der Waals surface area contributed by atoms with E-state index in [1.807, 2.05) is 0 Å². The molecule has 0 bridgehead atoms. The number of likely N-dealkylation sites (tertiary alicyclic amines) is 1. The van der Waals surface area contributed by atoms with Gasteiger partial charge in [-0.15, -0.1) is 0 Å². The third-order valence-electron chi connectivity index (χ3n) is 11.0. The minimum Gasteiger partial charge on any atom is -0.346 e. The number of fused-ring (bicyclic) bond motifs is 4. The van der Waals surface area contributed by atoms with Crippen molar-refractivity contribution in [3.05, 3.63) is 93.0 Å². The molecule has 4 heterocycles. The number of halogens is 8. The molecule has 3 aliphatic rings. The number of hydrogen-bond donors (Lipinski definition) is 2. The number of nitrogens with one attached hydrogen (secondary N) is 2. The van der Waals surface area contributed by atoms with Gasteiger partial charge in [-0.05, 0) is 73.4 Å². The summed E-state index contributed by atoms with van der Waals surface area (Å²) in [4.78, 5) is 32.7. The van der Waals surface area contributed by atoms with E-state index in [4.69, 9.17) is 16.6 Å². The van der Waals surface area contributed by atoms with Crippen LogP contribution in [-0.2, 0) is 51.7 Å². The Kier molecular flexibility index (Phi) is 10.4. The van der Waals surface area contributed by atoms with Crippen LogP contribution in [0.25, 0.3) is 22.0 Å². The van der Waals surface area contributed by atoms with Gasteiger partial charge in [0.1, 0.15) is 29.6 Å². The number of hydrogen-bond acceptors (Lipinski definition) is 7. The highest BCUT2D eigenvalue weighted by Gasteiger charge is 2.68. The summed E-state index contributed by atoms with van der Waals surface area (Å²) in [5.74, 6) is -3.42. The highest BCUT2D eigenvalue weighted by Crippen LogP contribution is 2.68. The Morgan fingerprint density at radius 1 is 1.07 bits per heavy atom. The van der Waals surface area contributed by atoms with Gasteiger partial charge in [0.2, 0.25) is 21.8 Å². The SMILES string of the molecule is CC(=O)N1CCCC1C#Cc1ccc(-c2ccc(Cl)c3c(NS(C)(=O)=O)nn(C)c23)c(C(Cc2cc(F)cc(F)c2)NC(=O)Cn2nc(C(F)(F)F)c3c2C(F)(F)[C@@H]2CC32)n1.